The van der Waals surface area contributed by atoms with Crippen molar-refractivity contribution in [1.82, 2.24) is 4.98 Å². The highest BCUT2D eigenvalue weighted by Crippen LogP contribution is 2.37. The summed E-state index contributed by atoms with van der Waals surface area (Å²) in [6.07, 6.45) is 5.35. The van der Waals surface area contributed by atoms with Crippen LogP contribution < -0.4 is 10.2 Å². The summed E-state index contributed by atoms with van der Waals surface area (Å²) in [7, 11) is -0.415. The van der Waals surface area contributed by atoms with Gasteiger partial charge in [0.2, 0.25) is 0 Å². The lowest BCUT2D eigenvalue weighted by Gasteiger charge is -2.32. The molecule has 2 aliphatic rings. The minimum Gasteiger partial charge on any atom is -0.491 e. The molecule has 0 radical (unpaired) electrons. The SMILES string of the molecule is CCc1cc(OC2CC2)c(B2OC(C)(C)C(C)(C)O2)cn1. The Labute approximate surface area is 127 Å². The van der Waals surface area contributed by atoms with Gasteiger partial charge in [-0.15, -0.1) is 0 Å². The Bertz CT molecular complexity index is 524. The summed E-state index contributed by atoms with van der Waals surface area (Å²) in [5, 5.41) is 0. The number of pyridine rings is 1. The summed E-state index contributed by atoms with van der Waals surface area (Å²) >= 11 is 0. The molecular formula is C16H24BNO3. The Morgan fingerprint density at radius 3 is 2.38 bits per heavy atom. The second-order valence-corrected chi connectivity index (χ2v) is 6.97. The molecule has 1 aromatic heterocycles. The molecule has 114 valence electrons. The number of rotatable bonds is 4. The second kappa shape index (κ2) is 4.99. The van der Waals surface area contributed by atoms with Crippen molar-refractivity contribution in [3.05, 3.63) is 18.0 Å². The summed E-state index contributed by atoms with van der Waals surface area (Å²) < 4.78 is 18.3. The first-order chi connectivity index (χ1) is 9.82. The van der Waals surface area contributed by atoms with E-state index in [9.17, 15) is 0 Å². The van der Waals surface area contributed by atoms with Gasteiger partial charge >= 0.3 is 7.12 Å². The maximum Gasteiger partial charge on any atom is 0.500 e. The van der Waals surface area contributed by atoms with Gasteiger partial charge in [0, 0.05) is 23.4 Å². The van der Waals surface area contributed by atoms with Crippen molar-refractivity contribution in [1.29, 1.82) is 0 Å². The van der Waals surface area contributed by atoms with Crippen LogP contribution in [0, 0.1) is 0 Å². The Balaban J connectivity index is 1.91. The Morgan fingerprint density at radius 1 is 1.24 bits per heavy atom. The Hall–Kier alpha value is -1.07. The number of ether oxygens (including phenoxy) is 1. The zero-order valence-corrected chi connectivity index (χ0v) is 13.6. The fraction of sp³-hybridized carbons (Fsp3) is 0.688. The van der Waals surface area contributed by atoms with Crippen molar-refractivity contribution in [3.63, 3.8) is 0 Å². The minimum absolute atomic E-state index is 0.346. The molecule has 5 heteroatoms. The van der Waals surface area contributed by atoms with Crippen molar-refractivity contribution in [3.8, 4) is 5.75 Å². The number of hydrogen-bond donors (Lipinski definition) is 0. The molecule has 1 aliphatic heterocycles. The van der Waals surface area contributed by atoms with Gasteiger partial charge in [-0.05, 0) is 47.0 Å². The molecule has 1 aromatic rings. The summed E-state index contributed by atoms with van der Waals surface area (Å²) in [5.41, 5.74) is 1.24. The van der Waals surface area contributed by atoms with Crippen LogP contribution in [0.25, 0.3) is 0 Å². The molecule has 0 N–H and O–H groups in total. The molecule has 1 saturated carbocycles. The Kier molecular flexibility index (Phi) is 3.53. The quantitative estimate of drug-likeness (QED) is 0.798. The number of aromatic nitrogens is 1. The van der Waals surface area contributed by atoms with E-state index in [0.29, 0.717) is 6.10 Å². The molecule has 3 rings (SSSR count). The van der Waals surface area contributed by atoms with E-state index in [4.69, 9.17) is 14.0 Å². The van der Waals surface area contributed by atoms with Gasteiger partial charge in [-0.25, -0.2) is 0 Å². The van der Waals surface area contributed by atoms with E-state index in [1.165, 1.54) is 0 Å². The zero-order valence-electron chi connectivity index (χ0n) is 13.6. The fourth-order valence-electron chi connectivity index (χ4n) is 2.30. The van der Waals surface area contributed by atoms with Gasteiger partial charge in [0.1, 0.15) is 5.75 Å². The van der Waals surface area contributed by atoms with Crippen LogP contribution in [0.2, 0.25) is 0 Å². The maximum absolute atomic E-state index is 6.12. The van der Waals surface area contributed by atoms with E-state index >= 15 is 0 Å². The third kappa shape index (κ3) is 2.81. The molecule has 1 aliphatic carbocycles. The van der Waals surface area contributed by atoms with E-state index in [0.717, 1.165) is 36.2 Å². The molecule has 0 spiro atoms. The summed E-state index contributed by atoms with van der Waals surface area (Å²) in [4.78, 5) is 4.49. The first-order valence-electron chi connectivity index (χ1n) is 7.83. The lowest BCUT2D eigenvalue weighted by molar-refractivity contribution is 0.00578. The average Bonchev–Trinajstić information content (AvgIpc) is 3.17. The van der Waals surface area contributed by atoms with Gasteiger partial charge in [0.15, 0.2) is 0 Å². The molecule has 4 nitrogen and oxygen atoms in total. The molecular weight excluding hydrogens is 265 g/mol. The van der Waals surface area contributed by atoms with Crippen molar-refractivity contribution < 1.29 is 14.0 Å². The summed E-state index contributed by atoms with van der Waals surface area (Å²) in [5.74, 6) is 0.864. The van der Waals surface area contributed by atoms with Crippen LogP contribution in [-0.2, 0) is 15.7 Å². The van der Waals surface area contributed by atoms with Crippen molar-refractivity contribution in [2.24, 2.45) is 0 Å². The van der Waals surface area contributed by atoms with Crippen molar-refractivity contribution in [2.45, 2.75) is 71.2 Å². The lowest BCUT2D eigenvalue weighted by Crippen LogP contribution is -2.41. The van der Waals surface area contributed by atoms with Gasteiger partial charge in [0.05, 0.1) is 17.3 Å². The van der Waals surface area contributed by atoms with Crippen molar-refractivity contribution in [2.75, 3.05) is 0 Å². The number of nitrogens with zero attached hydrogens (tertiary/aromatic N) is 1. The first kappa shape index (κ1) is 14.9. The topological polar surface area (TPSA) is 40.6 Å². The van der Waals surface area contributed by atoms with E-state index in [2.05, 4.69) is 39.6 Å². The van der Waals surface area contributed by atoms with Crippen LogP contribution in [0.4, 0.5) is 0 Å². The van der Waals surface area contributed by atoms with Gasteiger partial charge in [-0.1, -0.05) is 6.92 Å². The molecule has 21 heavy (non-hydrogen) atoms. The fourth-order valence-corrected chi connectivity index (χ4v) is 2.30. The smallest absolute Gasteiger partial charge is 0.491 e. The molecule has 0 atom stereocenters. The van der Waals surface area contributed by atoms with Crippen LogP contribution in [0.15, 0.2) is 12.3 Å². The predicted molar refractivity (Wildman–Crippen MR) is 83.0 cm³/mol. The minimum atomic E-state index is -0.415. The molecule has 0 aromatic carbocycles. The van der Waals surface area contributed by atoms with Crippen LogP contribution in [0.1, 0.15) is 53.2 Å². The van der Waals surface area contributed by atoms with Gasteiger partial charge in [0.25, 0.3) is 0 Å². The molecule has 2 heterocycles. The largest absolute Gasteiger partial charge is 0.500 e. The molecule has 0 bridgehead atoms. The van der Waals surface area contributed by atoms with E-state index in [1.807, 2.05) is 12.3 Å². The van der Waals surface area contributed by atoms with Crippen molar-refractivity contribution >= 4 is 12.6 Å². The summed E-state index contributed by atoms with van der Waals surface area (Å²) in [6, 6.07) is 2.03. The first-order valence-corrected chi connectivity index (χ1v) is 7.83. The van der Waals surface area contributed by atoms with Crippen LogP contribution in [-0.4, -0.2) is 29.4 Å². The predicted octanol–water partition coefficient (Wildman–Crippen LogP) is 2.48. The summed E-state index contributed by atoms with van der Waals surface area (Å²) in [6.45, 7) is 10.3. The Morgan fingerprint density at radius 2 is 1.86 bits per heavy atom. The number of aryl methyl sites for hydroxylation is 1. The average molecular weight is 289 g/mol. The van der Waals surface area contributed by atoms with Gasteiger partial charge < -0.3 is 14.0 Å². The van der Waals surface area contributed by atoms with E-state index in [-0.39, 0.29) is 11.2 Å². The van der Waals surface area contributed by atoms with Crippen LogP contribution in [0.5, 0.6) is 5.75 Å². The van der Waals surface area contributed by atoms with E-state index < -0.39 is 7.12 Å². The zero-order chi connectivity index (χ0) is 15.3. The molecule has 1 saturated heterocycles. The van der Waals surface area contributed by atoms with Gasteiger partial charge in [-0.2, -0.15) is 0 Å². The number of hydrogen-bond acceptors (Lipinski definition) is 4. The van der Waals surface area contributed by atoms with Crippen LogP contribution in [0.3, 0.4) is 0 Å². The highest BCUT2D eigenvalue weighted by atomic mass is 16.7. The lowest BCUT2D eigenvalue weighted by atomic mass is 9.79. The standard InChI is InChI=1S/C16H24BNO3/c1-6-11-9-14(19-12-7-8-12)13(10-18-11)17-20-15(2,3)16(4,5)21-17/h9-10,12H,6-8H2,1-5H3. The van der Waals surface area contributed by atoms with Crippen LogP contribution >= 0.6 is 0 Å². The maximum atomic E-state index is 6.12. The third-order valence-electron chi connectivity index (χ3n) is 4.64. The second-order valence-electron chi connectivity index (χ2n) is 6.97. The van der Waals surface area contributed by atoms with E-state index in [1.54, 1.807) is 0 Å². The molecule has 2 fully saturated rings. The third-order valence-corrected chi connectivity index (χ3v) is 4.64. The normalized spacial score (nSPS) is 23.4. The monoisotopic (exact) mass is 289 g/mol. The molecule has 0 unspecified atom stereocenters. The highest BCUT2D eigenvalue weighted by molar-refractivity contribution is 6.63. The molecule has 0 amide bonds. The van der Waals surface area contributed by atoms with Gasteiger partial charge in [-0.3, -0.25) is 4.98 Å². The highest BCUT2D eigenvalue weighted by Gasteiger charge is 2.52.